The van der Waals surface area contributed by atoms with E-state index >= 15 is 0 Å². The number of nitro groups is 1. The van der Waals surface area contributed by atoms with Crippen LogP contribution in [0.25, 0.3) is 16.6 Å². The van der Waals surface area contributed by atoms with Crippen molar-refractivity contribution < 1.29 is 28.5 Å². The zero-order valence-electron chi connectivity index (χ0n) is 32.9. The summed E-state index contributed by atoms with van der Waals surface area (Å²) < 4.78 is 33.2. The predicted octanol–water partition coefficient (Wildman–Crippen LogP) is 7.48. The largest absolute Gasteiger partial charge is 0.588 e. The van der Waals surface area contributed by atoms with Crippen molar-refractivity contribution >= 4 is 62.5 Å². The normalized spacial score (nSPS) is 19.8. The van der Waals surface area contributed by atoms with Gasteiger partial charge in [0.2, 0.25) is 0 Å². The number of amides is 1. The van der Waals surface area contributed by atoms with E-state index in [1.165, 1.54) is 54.5 Å². The van der Waals surface area contributed by atoms with Crippen LogP contribution in [0.5, 0.6) is 11.5 Å². The van der Waals surface area contributed by atoms with Crippen molar-refractivity contribution in [2.45, 2.75) is 49.6 Å². The Labute approximate surface area is 354 Å². The fraction of sp³-hybridized carbons (Fsp3) is 0.372. The number of allylic oxidation sites excluding steroid dienone is 1. The predicted molar refractivity (Wildman–Crippen MR) is 229 cm³/mol. The highest BCUT2D eigenvalue weighted by atomic mass is 35.5. The Morgan fingerprint density at radius 3 is 2.62 bits per heavy atom. The standard InChI is InChI=1S/C43H45ClN8O7S/c44-31-4-2-28(3-5-31)35-23-43(10-1-11-43)12-8-30(35)26-50-14-16-51(17-15-50)32-21-38(59-33-20-29-9-13-45-41(29)47-25-33)40(46-24-32)42(53)49-60(56)34-6-7-36(37(22-34)52(54)55)48-39-27-57-18-19-58-39/h2-7,9,13,20-22,24-25,39,48H,1,8,10-12,14-19,23,26-27H2,(H,45,47)(H,49,53)/t39-,60?/m1/s1. The number of fused-ring (bicyclic) bond motifs is 1. The van der Waals surface area contributed by atoms with Gasteiger partial charge in [-0.3, -0.25) is 19.8 Å². The fourth-order valence-corrected chi connectivity index (χ4v) is 9.54. The maximum atomic E-state index is 13.8. The van der Waals surface area contributed by atoms with Crippen molar-refractivity contribution in [3.05, 3.63) is 111 Å². The van der Waals surface area contributed by atoms with E-state index in [2.05, 4.69) is 46.9 Å². The van der Waals surface area contributed by atoms with E-state index in [1.807, 2.05) is 18.2 Å². The Morgan fingerprint density at radius 2 is 1.87 bits per heavy atom. The molecule has 3 fully saturated rings. The Balaban J connectivity index is 0.918. The molecule has 2 aliphatic heterocycles. The number of benzene rings is 2. The number of piperazine rings is 1. The van der Waals surface area contributed by atoms with E-state index in [-0.39, 0.29) is 34.3 Å². The minimum atomic E-state index is -2.18. The first-order valence-electron chi connectivity index (χ1n) is 20.2. The number of hydrogen-bond donors (Lipinski definition) is 3. The lowest BCUT2D eigenvalue weighted by atomic mass is 9.59. The van der Waals surface area contributed by atoms with Crippen molar-refractivity contribution in [3.8, 4) is 11.5 Å². The minimum Gasteiger partial charge on any atom is -0.588 e. The van der Waals surface area contributed by atoms with Crippen LogP contribution >= 0.6 is 11.6 Å². The molecule has 1 spiro atoms. The molecule has 5 aromatic rings. The van der Waals surface area contributed by atoms with Gasteiger partial charge in [0.15, 0.2) is 22.6 Å². The molecule has 9 rings (SSSR count). The van der Waals surface area contributed by atoms with Crippen molar-refractivity contribution in [2.75, 3.05) is 62.8 Å². The van der Waals surface area contributed by atoms with Crippen molar-refractivity contribution in [2.24, 2.45) is 5.41 Å². The van der Waals surface area contributed by atoms with Gasteiger partial charge in [-0.25, -0.2) is 9.97 Å². The van der Waals surface area contributed by atoms with E-state index < -0.39 is 28.4 Å². The van der Waals surface area contributed by atoms with Crippen LogP contribution in [-0.4, -0.2) is 94.0 Å². The fourth-order valence-electron chi connectivity index (χ4n) is 8.62. The molecule has 0 bridgehead atoms. The number of anilines is 2. The number of nitrogens with one attached hydrogen (secondary N) is 3. The Bertz CT molecular complexity index is 2410. The first kappa shape index (κ1) is 40.2. The molecule has 15 nitrogen and oxygen atoms in total. The van der Waals surface area contributed by atoms with Crippen molar-refractivity contribution in [1.82, 2.24) is 24.6 Å². The molecular formula is C43H45ClN8O7S. The lowest BCUT2D eigenvalue weighted by molar-refractivity contribution is -0.384. The van der Waals surface area contributed by atoms with Gasteiger partial charge in [0, 0.05) is 55.4 Å². The molecule has 17 heteroatoms. The number of H-pyrrole nitrogens is 1. The van der Waals surface area contributed by atoms with Crippen LogP contribution in [0.4, 0.5) is 17.1 Å². The number of rotatable bonds is 12. The lowest BCUT2D eigenvalue weighted by Crippen LogP contribution is -2.47. The third kappa shape index (κ3) is 8.80. The minimum absolute atomic E-state index is 0.0206. The molecule has 60 heavy (non-hydrogen) atoms. The second-order valence-corrected chi connectivity index (χ2v) is 17.5. The Hall–Kier alpha value is -5.23. The van der Waals surface area contributed by atoms with Gasteiger partial charge in [-0.1, -0.05) is 35.7 Å². The van der Waals surface area contributed by atoms with Crippen molar-refractivity contribution in [3.63, 3.8) is 0 Å². The number of nitro benzene ring substituents is 1. The number of aromatic amines is 1. The number of aromatic nitrogens is 3. The molecule has 2 aromatic carbocycles. The molecule has 5 heterocycles. The summed E-state index contributed by atoms with van der Waals surface area (Å²) in [4.78, 5) is 42.0. The number of nitrogens with zero attached hydrogens (tertiary/aromatic N) is 5. The highest BCUT2D eigenvalue weighted by Gasteiger charge is 2.41. The van der Waals surface area contributed by atoms with Gasteiger partial charge in [0.25, 0.3) is 5.69 Å². The highest BCUT2D eigenvalue weighted by molar-refractivity contribution is 7.90. The van der Waals surface area contributed by atoms with E-state index in [0.29, 0.717) is 30.0 Å². The summed E-state index contributed by atoms with van der Waals surface area (Å²) in [6, 6.07) is 17.8. The average Bonchev–Trinajstić information content (AvgIpc) is 3.72. The maximum Gasteiger partial charge on any atom is 0.314 e. The van der Waals surface area contributed by atoms with Crippen LogP contribution in [0.3, 0.4) is 0 Å². The third-order valence-electron chi connectivity index (χ3n) is 12.0. The number of ether oxygens (including phenoxy) is 3. The Kier molecular flexibility index (Phi) is 11.7. The van der Waals surface area contributed by atoms with E-state index in [0.717, 1.165) is 67.7 Å². The zero-order valence-corrected chi connectivity index (χ0v) is 34.4. The second kappa shape index (κ2) is 17.4. The molecule has 1 amide bonds. The number of carbonyl (C=O) groups is 1. The van der Waals surface area contributed by atoms with Gasteiger partial charge in [0.05, 0.1) is 48.9 Å². The molecule has 1 saturated carbocycles. The second-order valence-electron chi connectivity index (χ2n) is 15.8. The molecule has 2 saturated heterocycles. The van der Waals surface area contributed by atoms with Gasteiger partial charge in [-0.05, 0) is 85.1 Å². The van der Waals surface area contributed by atoms with Crippen molar-refractivity contribution in [1.29, 1.82) is 0 Å². The number of hydrogen-bond acceptors (Lipinski definition) is 12. The molecule has 2 atom stereocenters. The van der Waals surface area contributed by atoms with E-state index in [1.54, 1.807) is 30.7 Å². The molecule has 312 valence electrons. The summed E-state index contributed by atoms with van der Waals surface area (Å²) in [6.07, 6.45) is 11.8. The van der Waals surface area contributed by atoms with Crippen LogP contribution in [0, 0.1) is 15.5 Å². The van der Waals surface area contributed by atoms with Gasteiger partial charge in [-0.15, -0.1) is 0 Å². The van der Waals surface area contributed by atoms with Crippen LogP contribution in [0.15, 0.2) is 89.7 Å². The summed E-state index contributed by atoms with van der Waals surface area (Å²) in [5.74, 6) is -0.256. The number of carbonyl (C=O) groups excluding carboxylic acids is 1. The number of halogens is 1. The highest BCUT2D eigenvalue weighted by Crippen LogP contribution is 2.55. The van der Waals surface area contributed by atoms with Gasteiger partial charge in [0.1, 0.15) is 28.4 Å². The van der Waals surface area contributed by atoms with Crippen LogP contribution in [0.2, 0.25) is 5.02 Å². The monoisotopic (exact) mass is 852 g/mol. The lowest BCUT2D eigenvalue weighted by Gasteiger charge is -2.47. The van der Waals surface area contributed by atoms with Gasteiger partial charge in [-0.2, -0.15) is 4.72 Å². The smallest absolute Gasteiger partial charge is 0.314 e. The van der Waals surface area contributed by atoms with Gasteiger partial charge < -0.3 is 34.0 Å². The quantitative estimate of drug-likeness (QED) is 0.0640. The van der Waals surface area contributed by atoms with Crippen LogP contribution in [0.1, 0.15) is 54.6 Å². The molecule has 4 aliphatic rings. The molecule has 1 unspecified atom stereocenters. The van der Waals surface area contributed by atoms with Crippen LogP contribution in [-0.2, 0) is 20.8 Å². The Morgan fingerprint density at radius 1 is 1.03 bits per heavy atom. The summed E-state index contributed by atoms with van der Waals surface area (Å²) in [6.45, 7) is 5.09. The third-order valence-corrected chi connectivity index (χ3v) is 13.4. The molecule has 3 N–H and O–H groups in total. The first-order chi connectivity index (χ1) is 29.2. The summed E-state index contributed by atoms with van der Waals surface area (Å²) in [5.41, 5.74) is 5.93. The molecule has 2 aliphatic carbocycles. The maximum absolute atomic E-state index is 13.8. The average molecular weight is 853 g/mol. The summed E-state index contributed by atoms with van der Waals surface area (Å²) in [5, 5.41) is 16.5. The molecule has 0 radical (unpaired) electrons. The topological polar surface area (TPSA) is 183 Å². The SMILES string of the molecule is O=C(N[S+]([O-])c1ccc(N[C@H]2COCCO2)c([N+](=O)[O-])c1)c1ncc(N2CCN(CC3=C(c4ccc(Cl)cc4)CC4(CCC4)CC3)CC2)cc1Oc1cnc2[nH]ccc2c1. The number of pyridine rings is 2. The van der Waals surface area contributed by atoms with Gasteiger partial charge >= 0.3 is 5.91 Å². The first-order valence-corrected chi connectivity index (χ1v) is 21.7. The molecule has 3 aromatic heterocycles. The summed E-state index contributed by atoms with van der Waals surface area (Å²) in [7, 11) is 0. The van der Waals surface area contributed by atoms with E-state index in [9.17, 15) is 19.5 Å². The van der Waals surface area contributed by atoms with E-state index in [4.69, 9.17) is 25.8 Å². The van der Waals surface area contributed by atoms with Crippen LogP contribution < -0.4 is 19.7 Å². The molecular weight excluding hydrogens is 808 g/mol. The summed E-state index contributed by atoms with van der Waals surface area (Å²) >= 11 is 4.09. The zero-order chi connectivity index (χ0) is 41.2.